The fourth-order valence-corrected chi connectivity index (χ4v) is 7.15. The molecule has 12 heteroatoms. The van der Waals surface area contributed by atoms with Gasteiger partial charge in [-0.05, 0) is 30.9 Å². The summed E-state index contributed by atoms with van der Waals surface area (Å²) in [6, 6.07) is 3.18. The van der Waals surface area contributed by atoms with Gasteiger partial charge < -0.3 is 0 Å². The maximum Gasteiger partial charge on any atom is 0.282 e. The van der Waals surface area contributed by atoms with Gasteiger partial charge in [-0.3, -0.25) is 0 Å². The summed E-state index contributed by atoms with van der Waals surface area (Å²) in [5.41, 5.74) is 0.491. The van der Waals surface area contributed by atoms with Gasteiger partial charge in [-0.25, -0.2) is 16.8 Å². The molecule has 0 aromatic carbocycles. The molecule has 0 saturated carbocycles. The van der Waals surface area contributed by atoms with Gasteiger partial charge in [-0.1, -0.05) is 9.79 Å². The van der Waals surface area contributed by atoms with Gasteiger partial charge in [-0.15, -0.1) is 22.7 Å². The van der Waals surface area contributed by atoms with Crippen LogP contribution in [-0.2, 0) is 19.7 Å². The Bertz CT molecular complexity index is 1270. The fourth-order valence-electron chi connectivity index (χ4n) is 2.56. The zero-order valence-corrected chi connectivity index (χ0v) is 17.5. The van der Waals surface area contributed by atoms with E-state index in [0.29, 0.717) is 4.88 Å². The first-order chi connectivity index (χ1) is 11.9. The van der Waals surface area contributed by atoms with Crippen molar-refractivity contribution in [3.63, 3.8) is 0 Å². The normalized spacial score (nSPS) is 12.6. The number of nitrogens with one attached hydrogen (secondary N) is 1. The second-order valence-electron chi connectivity index (χ2n) is 5.83. The van der Waals surface area contributed by atoms with Crippen LogP contribution in [0.2, 0.25) is 0 Å². The first-order valence-electron chi connectivity index (χ1n) is 7.16. The number of rotatable bonds is 4. The Hall–Kier alpha value is -1.76. The summed E-state index contributed by atoms with van der Waals surface area (Å²) in [7, 11) is -7.15. The van der Waals surface area contributed by atoms with Gasteiger partial charge in [0.2, 0.25) is 5.69 Å². The molecule has 1 N–H and O–H groups in total. The highest BCUT2D eigenvalue weighted by Crippen LogP contribution is 2.41. The lowest BCUT2D eigenvalue weighted by Gasteiger charge is -1.98. The van der Waals surface area contributed by atoms with E-state index in [0.717, 1.165) is 40.1 Å². The predicted octanol–water partition coefficient (Wildman–Crippen LogP) is 2.40. The monoisotopic (exact) mass is 435 g/mol. The van der Waals surface area contributed by atoms with Crippen molar-refractivity contribution in [2.75, 3.05) is 12.5 Å². The van der Waals surface area contributed by atoms with E-state index in [9.17, 15) is 21.7 Å². The number of hydrogen-bond donors (Lipinski definition) is 1. The number of aryl methyl sites for hydroxylation is 2. The standard InChI is InChI=1S/C14H15N2O6S4/c1-7-5-9(13(23-7)25(3,18)19)11-12(16(17)22-15-11)10-6-8(2)24-14(10)26(4,20)21/h5-6,15H,1-4H3/q+1. The lowest BCUT2D eigenvalue weighted by atomic mass is 10.1. The first-order valence-corrected chi connectivity index (χ1v) is 12.6. The Labute approximate surface area is 157 Å². The minimum Gasteiger partial charge on any atom is -0.223 e. The molecule has 26 heavy (non-hydrogen) atoms. The molecular formula is C14H15N2O6S4+. The van der Waals surface area contributed by atoms with Gasteiger partial charge in [0.15, 0.2) is 24.3 Å². The summed E-state index contributed by atoms with van der Waals surface area (Å²) in [5, 5.41) is 2.43. The predicted molar refractivity (Wildman–Crippen MR) is 98.7 cm³/mol. The second-order valence-corrected chi connectivity index (χ2v) is 12.8. The minimum absolute atomic E-state index is 0.0171. The minimum atomic E-state index is -3.59. The van der Waals surface area contributed by atoms with Crippen LogP contribution in [0.25, 0.3) is 22.5 Å². The third-order valence-corrected chi connectivity index (χ3v) is 9.28. The molecule has 0 aliphatic rings. The van der Waals surface area contributed by atoms with Crippen LogP contribution in [0.5, 0.6) is 0 Å². The van der Waals surface area contributed by atoms with E-state index in [1.165, 1.54) is 0 Å². The number of aromatic nitrogens is 2. The molecule has 0 fully saturated rings. The average Bonchev–Trinajstić information content (AvgIpc) is 3.14. The Balaban J connectivity index is 2.39. The number of thiophene rings is 2. The Morgan fingerprint density at radius 3 is 1.88 bits per heavy atom. The van der Waals surface area contributed by atoms with Crippen molar-refractivity contribution in [2.24, 2.45) is 0 Å². The lowest BCUT2D eigenvalue weighted by Crippen LogP contribution is -2.13. The average molecular weight is 436 g/mol. The molecule has 8 nitrogen and oxygen atoms in total. The first kappa shape index (κ1) is 19.0. The van der Waals surface area contributed by atoms with Crippen LogP contribution in [0.3, 0.4) is 0 Å². The van der Waals surface area contributed by atoms with Gasteiger partial charge in [0.25, 0.3) is 5.69 Å². The topological polar surface area (TPSA) is 120 Å². The number of sulfone groups is 2. The van der Waals surface area contributed by atoms with Crippen LogP contribution in [0.15, 0.2) is 25.2 Å². The third kappa shape index (κ3) is 3.29. The van der Waals surface area contributed by atoms with Crippen molar-refractivity contribution in [1.82, 2.24) is 5.16 Å². The Morgan fingerprint density at radius 1 is 0.923 bits per heavy atom. The highest BCUT2D eigenvalue weighted by Gasteiger charge is 2.34. The van der Waals surface area contributed by atoms with E-state index >= 15 is 0 Å². The quantitative estimate of drug-likeness (QED) is 0.672. The molecule has 0 radical (unpaired) electrons. The van der Waals surface area contributed by atoms with Gasteiger partial charge in [0, 0.05) is 22.3 Å². The van der Waals surface area contributed by atoms with Crippen LogP contribution in [-0.4, -0.2) is 34.5 Å². The third-order valence-electron chi connectivity index (χ3n) is 3.49. The molecule has 0 spiro atoms. The van der Waals surface area contributed by atoms with Crippen molar-refractivity contribution >= 4 is 42.3 Å². The molecule has 0 amide bonds. The Morgan fingerprint density at radius 2 is 1.38 bits per heavy atom. The highest BCUT2D eigenvalue weighted by molar-refractivity contribution is 7.93. The van der Waals surface area contributed by atoms with E-state index in [1.54, 1.807) is 26.0 Å². The molecular weight excluding hydrogens is 420 g/mol. The van der Waals surface area contributed by atoms with Crippen LogP contribution >= 0.6 is 22.7 Å². The molecule has 0 unspecified atom stereocenters. The fraction of sp³-hybridized carbons (Fsp3) is 0.286. The maximum absolute atomic E-state index is 12.3. The Kier molecular flexibility index (Phi) is 4.50. The van der Waals surface area contributed by atoms with Gasteiger partial charge in [0.1, 0.15) is 8.42 Å². The van der Waals surface area contributed by atoms with Crippen molar-refractivity contribution in [3.8, 4) is 22.5 Å². The van der Waals surface area contributed by atoms with Crippen molar-refractivity contribution in [1.29, 1.82) is 0 Å². The molecule has 0 aliphatic carbocycles. The number of aromatic amines is 1. The van der Waals surface area contributed by atoms with E-state index in [-0.39, 0.29) is 35.5 Å². The summed E-state index contributed by atoms with van der Waals surface area (Å²) in [5.74, 6) is 0. The molecule has 3 aromatic rings. The number of H-pyrrole nitrogens is 1. The van der Waals surface area contributed by atoms with Crippen LogP contribution in [0.1, 0.15) is 9.75 Å². The van der Waals surface area contributed by atoms with Crippen molar-refractivity contribution < 1.29 is 26.1 Å². The second kappa shape index (κ2) is 6.15. The molecule has 0 saturated heterocycles. The number of hydrogen-bond acceptors (Lipinski definition) is 8. The highest BCUT2D eigenvalue weighted by atomic mass is 32.2. The molecule has 3 heterocycles. The number of nitrogens with zero attached hydrogens (tertiary/aromatic N) is 1. The smallest absolute Gasteiger partial charge is 0.223 e. The van der Waals surface area contributed by atoms with Gasteiger partial charge in [-0.2, -0.15) is 0 Å². The van der Waals surface area contributed by atoms with Crippen molar-refractivity contribution in [3.05, 3.63) is 26.8 Å². The molecule has 0 bridgehead atoms. The van der Waals surface area contributed by atoms with Crippen LogP contribution in [0, 0.1) is 18.8 Å². The SMILES string of the molecule is Cc1cc(-c2[nH]o[n+](=O)c2-c2cc(C)sc2S(C)(=O)=O)c(S(C)(=O)=O)s1. The molecule has 140 valence electrons. The van der Waals surface area contributed by atoms with E-state index in [1.807, 2.05) is 0 Å². The van der Waals surface area contributed by atoms with Gasteiger partial charge >= 0.3 is 0 Å². The zero-order chi connectivity index (χ0) is 19.4. The summed E-state index contributed by atoms with van der Waals surface area (Å²) in [6.45, 7) is 3.46. The van der Waals surface area contributed by atoms with Crippen molar-refractivity contribution in [2.45, 2.75) is 22.3 Å². The summed E-state index contributed by atoms with van der Waals surface area (Å²) >= 11 is 2.10. The summed E-state index contributed by atoms with van der Waals surface area (Å²) in [4.78, 5) is 13.7. The maximum atomic E-state index is 12.3. The zero-order valence-electron chi connectivity index (χ0n) is 14.2. The van der Waals surface area contributed by atoms with E-state index in [4.69, 9.17) is 4.63 Å². The van der Waals surface area contributed by atoms with Crippen LogP contribution in [0.4, 0.5) is 0 Å². The molecule has 0 aliphatic heterocycles. The molecule has 0 atom stereocenters. The van der Waals surface area contributed by atoms with E-state index in [2.05, 4.69) is 5.16 Å². The molecule has 3 rings (SSSR count). The largest absolute Gasteiger partial charge is 0.282 e. The van der Waals surface area contributed by atoms with E-state index < -0.39 is 19.7 Å². The summed E-state index contributed by atoms with van der Waals surface area (Å²) < 4.78 is 53.5. The summed E-state index contributed by atoms with van der Waals surface area (Å²) in [6.07, 6.45) is 2.13. The van der Waals surface area contributed by atoms with Crippen LogP contribution < -0.4 is 4.60 Å². The molecule has 3 aromatic heterocycles. The van der Waals surface area contributed by atoms with Gasteiger partial charge in [0.05, 0.1) is 11.1 Å². The lowest BCUT2D eigenvalue weighted by molar-refractivity contribution is -0.704.